The molecule has 0 aromatic heterocycles. The zero-order valence-electron chi connectivity index (χ0n) is 6.84. The number of hydrogen-bond acceptors (Lipinski definition) is 3. The van der Waals surface area contributed by atoms with Gasteiger partial charge in [-0.05, 0) is 6.42 Å². The van der Waals surface area contributed by atoms with Gasteiger partial charge in [0.1, 0.15) is 0 Å². The molecule has 11 heavy (non-hydrogen) atoms. The molecular formula is C7H16ClNO2. The van der Waals surface area contributed by atoms with Crippen molar-refractivity contribution in [2.24, 2.45) is 5.90 Å². The van der Waals surface area contributed by atoms with E-state index in [0.29, 0.717) is 6.42 Å². The van der Waals surface area contributed by atoms with Gasteiger partial charge in [-0.25, -0.2) is 0 Å². The van der Waals surface area contributed by atoms with E-state index in [0.717, 1.165) is 12.8 Å². The molecule has 68 valence electrons. The predicted molar refractivity (Wildman–Crippen MR) is 46.3 cm³/mol. The minimum atomic E-state index is -0.309. The number of unbranched alkanes of at least 4 members (excludes halogenated alkanes) is 3. The summed E-state index contributed by atoms with van der Waals surface area (Å²) in [6.07, 6.45) is 4.79. The monoisotopic (exact) mass is 181 g/mol. The number of halogens is 1. The van der Waals surface area contributed by atoms with Gasteiger partial charge in [0.05, 0.1) is 0 Å². The Kier molecular flexibility index (Phi) is 11.8. The zero-order chi connectivity index (χ0) is 7.82. The smallest absolute Gasteiger partial charge is 0.324 e. The van der Waals surface area contributed by atoms with Crippen LogP contribution in [-0.4, -0.2) is 5.97 Å². The van der Waals surface area contributed by atoms with Crippen LogP contribution in [0.1, 0.15) is 39.0 Å². The van der Waals surface area contributed by atoms with Crippen molar-refractivity contribution >= 4 is 18.4 Å². The first kappa shape index (κ1) is 13.3. The van der Waals surface area contributed by atoms with Gasteiger partial charge in [-0.2, -0.15) is 5.90 Å². The third kappa shape index (κ3) is 9.72. The molecule has 4 heteroatoms. The summed E-state index contributed by atoms with van der Waals surface area (Å²) in [6, 6.07) is 0. The Labute approximate surface area is 73.7 Å². The lowest BCUT2D eigenvalue weighted by Crippen LogP contribution is -2.08. The summed E-state index contributed by atoms with van der Waals surface area (Å²) in [5, 5.41) is 0. The van der Waals surface area contributed by atoms with Gasteiger partial charge in [-0.15, -0.1) is 12.4 Å². The fraction of sp³-hybridized carbons (Fsp3) is 0.857. The maximum atomic E-state index is 10.4. The second kappa shape index (κ2) is 9.72. The van der Waals surface area contributed by atoms with Crippen LogP contribution in [0.2, 0.25) is 0 Å². The summed E-state index contributed by atoms with van der Waals surface area (Å²) in [7, 11) is 0. The van der Waals surface area contributed by atoms with Crippen molar-refractivity contribution in [1.29, 1.82) is 0 Å². The van der Waals surface area contributed by atoms with E-state index < -0.39 is 0 Å². The van der Waals surface area contributed by atoms with E-state index in [9.17, 15) is 4.79 Å². The predicted octanol–water partition coefficient (Wildman–Crippen LogP) is 1.80. The number of carbonyl (C=O) groups excluding carboxylic acids is 1. The molecular weight excluding hydrogens is 166 g/mol. The second-order valence-corrected chi connectivity index (χ2v) is 2.30. The highest BCUT2D eigenvalue weighted by Crippen LogP contribution is 2.02. The fourth-order valence-electron chi connectivity index (χ4n) is 0.755. The number of nitrogens with two attached hydrogens (primary N) is 1. The standard InChI is InChI=1S/C7H15NO2.ClH/c1-2-3-4-5-6-7(9)10-8;/h2-6,8H2,1H3;1H. The Bertz CT molecular complexity index is 98.4. The summed E-state index contributed by atoms with van der Waals surface area (Å²) in [5.74, 6) is 4.33. The summed E-state index contributed by atoms with van der Waals surface area (Å²) < 4.78 is 0. The number of carbonyl (C=O) groups is 1. The van der Waals surface area contributed by atoms with Gasteiger partial charge in [-0.1, -0.05) is 26.2 Å². The van der Waals surface area contributed by atoms with Crippen molar-refractivity contribution in [3.05, 3.63) is 0 Å². The molecule has 3 nitrogen and oxygen atoms in total. The van der Waals surface area contributed by atoms with Gasteiger partial charge in [0, 0.05) is 6.42 Å². The van der Waals surface area contributed by atoms with Gasteiger partial charge >= 0.3 is 5.97 Å². The topological polar surface area (TPSA) is 52.3 Å². The first-order valence-corrected chi connectivity index (χ1v) is 3.70. The molecule has 0 spiro atoms. The highest BCUT2D eigenvalue weighted by atomic mass is 35.5. The summed E-state index contributed by atoms with van der Waals surface area (Å²) in [4.78, 5) is 14.4. The van der Waals surface area contributed by atoms with Crippen LogP contribution < -0.4 is 5.90 Å². The van der Waals surface area contributed by atoms with E-state index in [1.165, 1.54) is 12.8 Å². The molecule has 0 aromatic rings. The molecule has 0 aliphatic carbocycles. The van der Waals surface area contributed by atoms with E-state index in [2.05, 4.69) is 17.7 Å². The van der Waals surface area contributed by atoms with Crippen LogP contribution >= 0.6 is 12.4 Å². The van der Waals surface area contributed by atoms with Crippen molar-refractivity contribution in [3.63, 3.8) is 0 Å². The summed E-state index contributed by atoms with van der Waals surface area (Å²) in [5.41, 5.74) is 0. The van der Waals surface area contributed by atoms with E-state index in [1.54, 1.807) is 0 Å². The minimum Gasteiger partial charge on any atom is -0.373 e. The Morgan fingerprint density at radius 1 is 1.36 bits per heavy atom. The highest BCUT2D eigenvalue weighted by molar-refractivity contribution is 5.85. The molecule has 0 aromatic carbocycles. The molecule has 0 saturated heterocycles. The van der Waals surface area contributed by atoms with Crippen LogP contribution in [0.15, 0.2) is 0 Å². The molecule has 0 atom stereocenters. The van der Waals surface area contributed by atoms with Gasteiger partial charge in [0.25, 0.3) is 0 Å². The van der Waals surface area contributed by atoms with Crippen molar-refractivity contribution in [1.82, 2.24) is 0 Å². The molecule has 0 radical (unpaired) electrons. The van der Waals surface area contributed by atoms with Crippen molar-refractivity contribution < 1.29 is 9.63 Å². The van der Waals surface area contributed by atoms with E-state index in [4.69, 9.17) is 0 Å². The third-order valence-electron chi connectivity index (χ3n) is 1.37. The Balaban J connectivity index is 0. The average molecular weight is 182 g/mol. The Morgan fingerprint density at radius 2 is 2.00 bits per heavy atom. The third-order valence-corrected chi connectivity index (χ3v) is 1.37. The van der Waals surface area contributed by atoms with Crippen LogP contribution in [-0.2, 0) is 9.63 Å². The molecule has 0 rings (SSSR count). The zero-order valence-corrected chi connectivity index (χ0v) is 7.65. The average Bonchev–Trinajstić information content (AvgIpc) is 1.98. The molecule has 0 fully saturated rings. The molecule has 0 aliphatic rings. The van der Waals surface area contributed by atoms with Gasteiger partial charge in [-0.3, -0.25) is 4.79 Å². The van der Waals surface area contributed by atoms with Crippen LogP contribution in [0.5, 0.6) is 0 Å². The summed E-state index contributed by atoms with van der Waals surface area (Å²) >= 11 is 0. The molecule has 0 heterocycles. The molecule has 0 aliphatic heterocycles. The van der Waals surface area contributed by atoms with E-state index in [-0.39, 0.29) is 18.4 Å². The molecule has 0 amide bonds. The van der Waals surface area contributed by atoms with Crippen molar-refractivity contribution in [3.8, 4) is 0 Å². The van der Waals surface area contributed by atoms with Gasteiger partial charge in [0.15, 0.2) is 0 Å². The van der Waals surface area contributed by atoms with Crippen LogP contribution in [0.4, 0.5) is 0 Å². The number of hydrogen-bond donors (Lipinski definition) is 1. The minimum absolute atomic E-state index is 0. The van der Waals surface area contributed by atoms with Crippen LogP contribution in [0.25, 0.3) is 0 Å². The second-order valence-electron chi connectivity index (χ2n) is 2.30. The summed E-state index contributed by atoms with van der Waals surface area (Å²) in [6.45, 7) is 2.13. The van der Waals surface area contributed by atoms with Gasteiger partial charge < -0.3 is 4.84 Å². The first-order valence-electron chi connectivity index (χ1n) is 3.70. The lowest BCUT2D eigenvalue weighted by atomic mass is 10.2. The Hall–Kier alpha value is -0.280. The first-order chi connectivity index (χ1) is 4.81. The lowest BCUT2D eigenvalue weighted by Gasteiger charge is -1.96. The maximum Gasteiger partial charge on any atom is 0.324 e. The SMILES string of the molecule is CCCCCCC(=O)ON.Cl. The normalized spacial score (nSPS) is 8.55. The Morgan fingerprint density at radius 3 is 2.45 bits per heavy atom. The van der Waals surface area contributed by atoms with Crippen molar-refractivity contribution in [2.45, 2.75) is 39.0 Å². The van der Waals surface area contributed by atoms with Gasteiger partial charge in [0.2, 0.25) is 0 Å². The quantitative estimate of drug-likeness (QED) is 0.520. The van der Waals surface area contributed by atoms with Crippen molar-refractivity contribution in [2.75, 3.05) is 0 Å². The van der Waals surface area contributed by atoms with E-state index in [1.807, 2.05) is 0 Å². The molecule has 2 N–H and O–H groups in total. The lowest BCUT2D eigenvalue weighted by molar-refractivity contribution is -0.144. The largest absolute Gasteiger partial charge is 0.373 e. The fourth-order valence-corrected chi connectivity index (χ4v) is 0.755. The van der Waals surface area contributed by atoms with Crippen LogP contribution in [0, 0.1) is 0 Å². The number of rotatable bonds is 5. The van der Waals surface area contributed by atoms with Crippen LogP contribution in [0.3, 0.4) is 0 Å². The maximum absolute atomic E-state index is 10.4. The van der Waals surface area contributed by atoms with E-state index >= 15 is 0 Å². The highest BCUT2D eigenvalue weighted by Gasteiger charge is 1.98. The molecule has 0 saturated carbocycles. The molecule has 0 unspecified atom stereocenters. The molecule has 0 bridgehead atoms.